The van der Waals surface area contributed by atoms with Crippen molar-refractivity contribution in [3.63, 3.8) is 0 Å². The number of aliphatic hydroxyl groups is 1. The molecule has 1 aliphatic heterocycles. The molecule has 0 radical (unpaired) electrons. The highest BCUT2D eigenvalue weighted by Gasteiger charge is 2.24. The number of aliphatic hydroxyl groups excluding tert-OH is 1. The molecule has 0 spiro atoms. The zero-order chi connectivity index (χ0) is 10.6. The maximum absolute atomic E-state index is 11.9. The molecule has 1 fully saturated rings. The topological polar surface area (TPSA) is 43.8 Å². The summed E-state index contributed by atoms with van der Waals surface area (Å²) in [5.74, 6) is 0. The van der Waals surface area contributed by atoms with E-state index in [0.29, 0.717) is 6.54 Å². The van der Waals surface area contributed by atoms with Crippen molar-refractivity contribution in [1.82, 2.24) is 9.80 Å². The summed E-state index contributed by atoms with van der Waals surface area (Å²) in [6.07, 6.45) is 2.22. The van der Waals surface area contributed by atoms with Crippen LogP contribution in [0.25, 0.3) is 0 Å². The Morgan fingerprint density at radius 3 is 2.43 bits per heavy atom. The molecule has 0 aromatic heterocycles. The predicted octanol–water partition coefficient (Wildman–Crippen LogP) is 0.905. The first kappa shape index (κ1) is 11.3. The Labute approximate surface area is 85.5 Å². The fraction of sp³-hybridized carbons (Fsp3) is 0.900. The van der Waals surface area contributed by atoms with Gasteiger partial charge in [0.2, 0.25) is 0 Å². The van der Waals surface area contributed by atoms with E-state index in [4.69, 9.17) is 5.11 Å². The van der Waals surface area contributed by atoms with Crippen LogP contribution in [0, 0.1) is 0 Å². The number of hydrogen-bond acceptors (Lipinski definition) is 2. The van der Waals surface area contributed by atoms with Crippen molar-refractivity contribution in [2.24, 2.45) is 0 Å². The molecule has 0 saturated carbocycles. The number of urea groups is 1. The number of carbonyl (C=O) groups is 1. The van der Waals surface area contributed by atoms with Gasteiger partial charge in [0.15, 0.2) is 0 Å². The third-order valence-electron chi connectivity index (χ3n) is 2.59. The van der Waals surface area contributed by atoms with E-state index in [0.717, 1.165) is 25.9 Å². The van der Waals surface area contributed by atoms with Crippen LogP contribution >= 0.6 is 0 Å². The van der Waals surface area contributed by atoms with Gasteiger partial charge in [-0.25, -0.2) is 4.79 Å². The Morgan fingerprint density at radius 2 is 2.00 bits per heavy atom. The molecule has 4 nitrogen and oxygen atoms in total. The zero-order valence-corrected chi connectivity index (χ0v) is 9.07. The lowest BCUT2D eigenvalue weighted by atomic mass is 10.3. The van der Waals surface area contributed by atoms with E-state index in [9.17, 15) is 4.79 Å². The smallest absolute Gasteiger partial charge is 0.320 e. The third-order valence-corrected chi connectivity index (χ3v) is 2.59. The lowest BCUT2D eigenvalue weighted by molar-refractivity contribution is 0.133. The molecular formula is C10H20N2O2. The lowest BCUT2D eigenvalue weighted by Crippen LogP contribution is -2.46. The largest absolute Gasteiger partial charge is 0.395 e. The molecule has 0 bridgehead atoms. The second-order valence-electron chi connectivity index (χ2n) is 3.99. The van der Waals surface area contributed by atoms with Crippen LogP contribution in [-0.2, 0) is 0 Å². The number of nitrogens with zero attached hydrogens (tertiary/aromatic N) is 2. The van der Waals surface area contributed by atoms with Gasteiger partial charge >= 0.3 is 6.03 Å². The van der Waals surface area contributed by atoms with Gasteiger partial charge in [-0.15, -0.1) is 0 Å². The zero-order valence-electron chi connectivity index (χ0n) is 9.07. The molecule has 0 aromatic carbocycles. The van der Waals surface area contributed by atoms with Crippen LogP contribution in [0.1, 0.15) is 26.7 Å². The van der Waals surface area contributed by atoms with Crippen LogP contribution in [0.5, 0.6) is 0 Å². The quantitative estimate of drug-likeness (QED) is 0.735. The molecule has 2 amide bonds. The fourth-order valence-corrected chi connectivity index (χ4v) is 1.77. The van der Waals surface area contributed by atoms with Gasteiger partial charge < -0.3 is 14.9 Å². The van der Waals surface area contributed by atoms with Crippen molar-refractivity contribution in [2.45, 2.75) is 32.7 Å². The Hall–Kier alpha value is -0.770. The molecule has 1 N–H and O–H groups in total. The Balaban J connectivity index is 2.53. The molecule has 4 heteroatoms. The summed E-state index contributed by atoms with van der Waals surface area (Å²) in [7, 11) is 0. The predicted molar refractivity (Wildman–Crippen MR) is 55.1 cm³/mol. The van der Waals surface area contributed by atoms with Crippen molar-refractivity contribution in [3.05, 3.63) is 0 Å². The van der Waals surface area contributed by atoms with Gasteiger partial charge in [-0.1, -0.05) is 0 Å². The standard InChI is InChI=1S/C10H20N2O2/c1-9(2)12(7-8-13)10(14)11-5-3-4-6-11/h9,13H,3-8H2,1-2H3. The molecule has 14 heavy (non-hydrogen) atoms. The SMILES string of the molecule is CC(C)N(CCO)C(=O)N1CCCC1. The Morgan fingerprint density at radius 1 is 1.43 bits per heavy atom. The van der Waals surface area contributed by atoms with E-state index in [2.05, 4.69) is 0 Å². The highest BCUT2D eigenvalue weighted by molar-refractivity contribution is 5.75. The van der Waals surface area contributed by atoms with Gasteiger partial charge in [-0.2, -0.15) is 0 Å². The van der Waals surface area contributed by atoms with Crippen molar-refractivity contribution in [2.75, 3.05) is 26.2 Å². The van der Waals surface area contributed by atoms with Crippen molar-refractivity contribution >= 4 is 6.03 Å². The summed E-state index contributed by atoms with van der Waals surface area (Å²) in [6, 6.07) is 0.238. The summed E-state index contributed by atoms with van der Waals surface area (Å²) in [4.78, 5) is 15.5. The van der Waals surface area contributed by atoms with Crippen LogP contribution in [0.4, 0.5) is 4.79 Å². The lowest BCUT2D eigenvalue weighted by Gasteiger charge is -2.30. The number of amides is 2. The molecule has 0 aromatic rings. The molecule has 1 heterocycles. The summed E-state index contributed by atoms with van der Waals surface area (Å²) in [6.45, 7) is 6.17. The number of hydrogen-bond donors (Lipinski definition) is 1. The van der Waals surface area contributed by atoms with Gasteiger partial charge in [0.1, 0.15) is 0 Å². The average molecular weight is 200 g/mol. The van der Waals surface area contributed by atoms with Gasteiger partial charge in [-0.3, -0.25) is 0 Å². The van der Waals surface area contributed by atoms with E-state index < -0.39 is 0 Å². The maximum atomic E-state index is 11.9. The first-order chi connectivity index (χ1) is 6.66. The van der Waals surface area contributed by atoms with Gasteiger partial charge in [-0.05, 0) is 26.7 Å². The molecule has 1 saturated heterocycles. The number of carbonyl (C=O) groups excluding carboxylic acids is 1. The second kappa shape index (κ2) is 5.20. The molecule has 0 atom stereocenters. The van der Waals surface area contributed by atoms with Crippen LogP contribution in [-0.4, -0.2) is 53.2 Å². The maximum Gasteiger partial charge on any atom is 0.320 e. The molecule has 1 aliphatic rings. The van der Waals surface area contributed by atoms with E-state index in [1.54, 1.807) is 4.90 Å². The van der Waals surface area contributed by atoms with Crippen LogP contribution in [0.15, 0.2) is 0 Å². The first-order valence-electron chi connectivity index (χ1n) is 5.33. The van der Waals surface area contributed by atoms with E-state index in [1.165, 1.54) is 0 Å². The van der Waals surface area contributed by atoms with Gasteiger partial charge in [0.25, 0.3) is 0 Å². The Kier molecular flexibility index (Phi) is 4.20. The summed E-state index contributed by atoms with van der Waals surface area (Å²) < 4.78 is 0. The second-order valence-corrected chi connectivity index (χ2v) is 3.99. The minimum atomic E-state index is 0.0394. The van der Waals surface area contributed by atoms with Crippen LogP contribution in [0.3, 0.4) is 0 Å². The minimum absolute atomic E-state index is 0.0394. The Bertz CT molecular complexity index is 189. The molecule has 82 valence electrons. The van der Waals surface area contributed by atoms with Crippen LogP contribution < -0.4 is 0 Å². The summed E-state index contributed by atoms with van der Waals surface area (Å²) >= 11 is 0. The first-order valence-corrected chi connectivity index (χ1v) is 5.33. The molecule has 1 rings (SSSR count). The number of likely N-dealkylation sites (tertiary alicyclic amines) is 1. The van der Waals surface area contributed by atoms with Crippen molar-refractivity contribution in [1.29, 1.82) is 0 Å². The molecular weight excluding hydrogens is 180 g/mol. The third kappa shape index (κ3) is 2.61. The normalized spacial score (nSPS) is 16.4. The summed E-state index contributed by atoms with van der Waals surface area (Å²) in [5.41, 5.74) is 0. The van der Waals surface area contributed by atoms with Gasteiger partial charge in [0.05, 0.1) is 6.61 Å². The van der Waals surface area contributed by atoms with E-state index >= 15 is 0 Å². The van der Waals surface area contributed by atoms with E-state index in [1.807, 2.05) is 18.7 Å². The number of rotatable bonds is 3. The van der Waals surface area contributed by atoms with Crippen LogP contribution in [0.2, 0.25) is 0 Å². The fourth-order valence-electron chi connectivity index (χ4n) is 1.77. The van der Waals surface area contributed by atoms with Crippen molar-refractivity contribution in [3.8, 4) is 0 Å². The minimum Gasteiger partial charge on any atom is -0.395 e. The van der Waals surface area contributed by atoms with E-state index in [-0.39, 0.29) is 18.7 Å². The highest BCUT2D eigenvalue weighted by Crippen LogP contribution is 2.12. The highest BCUT2D eigenvalue weighted by atomic mass is 16.3. The molecule has 0 unspecified atom stereocenters. The molecule has 0 aliphatic carbocycles. The average Bonchev–Trinajstić information content (AvgIpc) is 2.65. The van der Waals surface area contributed by atoms with Gasteiger partial charge in [0, 0.05) is 25.7 Å². The van der Waals surface area contributed by atoms with Crippen molar-refractivity contribution < 1.29 is 9.90 Å². The summed E-state index contributed by atoms with van der Waals surface area (Å²) in [5, 5.41) is 8.86. The monoisotopic (exact) mass is 200 g/mol.